The van der Waals surface area contributed by atoms with E-state index in [1.807, 2.05) is 0 Å². The Labute approximate surface area is 121 Å². The number of hydrogen-bond acceptors (Lipinski definition) is 4. The third-order valence-electron chi connectivity index (χ3n) is 6.54. The minimum atomic E-state index is -0.159. The largest absolute Gasteiger partial charge is 0.320 e. The normalized spacial score (nSPS) is 46.5. The lowest BCUT2D eigenvalue weighted by molar-refractivity contribution is -0.282. The van der Waals surface area contributed by atoms with Gasteiger partial charge in [0.25, 0.3) is 0 Å². The Morgan fingerprint density at radius 1 is 0.900 bits per heavy atom. The zero-order chi connectivity index (χ0) is 14.1. The van der Waals surface area contributed by atoms with E-state index in [0.717, 1.165) is 32.7 Å². The summed E-state index contributed by atoms with van der Waals surface area (Å²) in [7, 11) is 0. The summed E-state index contributed by atoms with van der Waals surface area (Å²) < 4.78 is 0. The summed E-state index contributed by atoms with van der Waals surface area (Å²) in [5.41, 5.74) is -0.176. The van der Waals surface area contributed by atoms with Crippen molar-refractivity contribution < 1.29 is 4.79 Å². The van der Waals surface area contributed by atoms with Crippen molar-refractivity contribution in [3.63, 3.8) is 0 Å². The highest BCUT2D eigenvalue weighted by molar-refractivity contribution is 5.81. The van der Waals surface area contributed by atoms with Crippen molar-refractivity contribution in [3.05, 3.63) is 0 Å². The van der Waals surface area contributed by atoms with E-state index in [1.54, 1.807) is 0 Å². The standard InChI is InChI=1S/C15H26N4O/c1-12-11-18-8-7-16-5-4-6-17-9-10-19(13(12)20)15(18,3)14(16,17)2/h12H,4-11H2,1-3H3/t12?,14-,15+/m0/s1. The molecule has 1 amide bonds. The summed E-state index contributed by atoms with van der Waals surface area (Å²) in [6.07, 6.45) is 1.26. The van der Waals surface area contributed by atoms with Crippen molar-refractivity contribution >= 4 is 5.91 Å². The van der Waals surface area contributed by atoms with Crippen LogP contribution in [0, 0.1) is 5.92 Å². The van der Waals surface area contributed by atoms with Gasteiger partial charge >= 0.3 is 0 Å². The van der Waals surface area contributed by atoms with Crippen LogP contribution in [0.3, 0.4) is 0 Å². The van der Waals surface area contributed by atoms with Crippen LogP contribution in [0.5, 0.6) is 0 Å². The Hall–Kier alpha value is -0.650. The fourth-order valence-corrected chi connectivity index (χ4v) is 5.24. The smallest absolute Gasteiger partial charge is 0.228 e. The monoisotopic (exact) mass is 278 g/mol. The van der Waals surface area contributed by atoms with Gasteiger partial charge in [0.1, 0.15) is 11.3 Å². The highest BCUT2D eigenvalue weighted by atomic mass is 16.2. The molecule has 0 spiro atoms. The van der Waals surface area contributed by atoms with Crippen LogP contribution in [0.2, 0.25) is 0 Å². The van der Waals surface area contributed by atoms with Crippen LogP contribution in [-0.2, 0) is 4.79 Å². The van der Waals surface area contributed by atoms with Gasteiger partial charge in [-0.25, -0.2) is 0 Å². The van der Waals surface area contributed by atoms with E-state index in [9.17, 15) is 4.79 Å². The average molecular weight is 278 g/mol. The first-order valence-corrected chi connectivity index (χ1v) is 8.06. The van der Waals surface area contributed by atoms with Crippen molar-refractivity contribution in [2.24, 2.45) is 5.92 Å². The lowest BCUT2D eigenvalue weighted by Crippen LogP contribution is -2.90. The first-order valence-electron chi connectivity index (χ1n) is 8.06. The Morgan fingerprint density at radius 3 is 2.20 bits per heavy atom. The molecule has 0 N–H and O–H groups in total. The Kier molecular flexibility index (Phi) is 2.58. The number of carbonyl (C=O) groups excluding carboxylic acids is 1. The predicted octanol–water partition coefficient (Wildman–Crippen LogP) is 0.234. The summed E-state index contributed by atoms with van der Waals surface area (Å²) in [4.78, 5) is 22.7. The molecule has 112 valence electrons. The van der Waals surface area contributed by atoms with E-state index in [0.29, 0.717) is 5.91 Å². The molecular formula is C15H26N4O. The van der Waals surface area contributed by atoms with Crippen molar-refractivity contribution in [2.45, 2.75) is 38.5 Å². The molecule has 20 heavy (non-hydrogen) atoms. The van der Waals surface area contributed by atoms with Gasteiger partial charge in [-0.05, 0) is 20.3 Å². The summed E-state index contributed by atoms with van der Waals surface area (Å²) in [6.45, 7) is 14.2. The molecule has 1 unspecified atom stereocenters. The number of piperazine rings is 2. The second-order valence-electron chi connectivity index (χ2n) is 7.21. The van der Waals surface area contributed by atoms with Crippen molar-refractivity contribution in [3.8, 4) is 0 Å². The fourth-order valence-electron chi connectivity index (χ4n) is 5.24. The molecule has 4 rings (SSSR count). The van der Waals surface area contributed by atoms with Crippen LogP contribution in [0.4, 0.5) is 0 Å². The highest BCUT2D eigenvalue weighted by Crippen LogP contribution is 2.48. The van der Waals surface area contributed by atoms with Gasteiger partial charge in [0.05, 0.1) is 0 Å². The van der Waals surface area contributed by atoms with Gasteiger partial charge in [-0.15, -0.1) is 0 Å². The number of nitrogens with zero attached hydrogens (tertiary/aromatic N) is 4. The Bertz CT molecular complexity index is 447. The minimum Gasteiger partial charge on any atom is -0.320 e. The van der Waals surface area contributed by atoms with Gasteiger partial charge in [0, 0.05) is 51.7 Å². The predicted molar refractivity (Wildman–Crippen MR) is 77.0 cm³/mol. The van der Waals surface area contributed by atoms with Gasteiger partial charge in [-0.2, -0.15) is 0 Å². The molecule has 3 atom stereocenters. The van der Waals surface area contributed by atoms with Crippen molar-refractivity contribution in [1.29, 1.82) is 0 Å². The lowest BCUT2D eigenvalue weighted by atomic mass is 9.78. The topological polar surface area (TPSA) is 30.0 Å². The molecule has 4 heterocycles. The first kappa shape index (κ1) is 13.0. The Balaban J connectivity index is 1.84. The van der Waals surface area contributed by atoms with E-state index >= 15 is 0 Å². The highest BCUT2D eigenvalue weighted by Gasteiger charge is 2.66. The molecule has 0 aliphatic carbocycles. The number of hydrogen-bond donors (Lipinski definition) is 0. The molecule has 0 saturated carbocycles. The molecule has 0 aromatic rings. The second kappa shape index (κ2) is 3.96. The van der Waals surface area contributed by atoms with Gasteiger partial charge in [-0.1, -0.05) is 6.92 Å². The van der Waals surface area contributed by atoms with Gasteiger partial charge in [0.15, 0.2) is 0 Å². The molecule has 0 radical (unpaired) electrons. The third-order valence-corrected chi connectivity index (χ3v) is 6.54. The molecule has 4 aliphatic rings. The fraction of sp³-hybridized carbons (Fsp3) is 0.933. The number of rotatable bonds is 0. The van der Waals surface area contributed by atoms with E-state index in [4.69, 9.17) is 0 Å². The molecular weight excluding hydrogens is 252 g/mol. The van der Waals surface area contributed by atoms with Crippen LogP contribution < -0.4 is 0 Å². The molecule has 0 bridgehead atoms. The molecule has 4 aliphatic heterocycles. The minimum absolute atomic E-state index is 0.0163. The third kappa shape index (κ3) is 1.27. The average Bonchev–Trinajstić information content (AvgIpc) is 2.42. The van der Waals surface area contributed by atoms with E-state index in [2.05, 4.69) is 40.4 Å². The lowest BCUT2D eigenvalue weighted by Gasteiger charge is -2.73. The summed E-state index contributed by atoms with van der Waals surface area (Å²) in [6, 6.07) is 0. The van der Waals surface area contributed by atoms with Gasteiger partial charge < -0.3 is 4.90 Å². The molecule has 5 heteroatoms. The van der Waals surface area contributed by atoms with Crippen LogP contribution in [0.1, 0.15) is 27.2 Å². The van der Waals surface area contributed by atoms with E-state index < -0.39 is 0 Å². The zero-order valence-electron chi connectivity index (χ0n) is 12.9. The SMILES string of the molecule is CC1CN2CCN3CCCN4CCN(C1=O)[C@]2(C)[C@@]34C. The van der Waals surface area contributed by atoms with Crippen molar-refractivity contribution in [1.82, 2.24) is 19.6 Å². The zero-order valence-corrected chi connectivity index (χ0v) is 12.9. The van der Waals surface area contributed by atoms with Crippen LogP contribution >= 0.6 is 0 Å². The molecule has 4 fully saturated rings. The maximum atomic E-state index is 12.7. The number of amides is 1. The van der Waals surface area contributed by atoms with Crippen LogP contribution in [0.15, 0.2) is 0 Å². The van der Waals surface area contributed by atoms with Crippen LogP contribution in [0.25, 0.3) is 0 Å². The van der Waals surface area contributed by atoms with Gasteiger partial charge in [-0.3, -0.25) is 19.5 Å². The quantitative estimate of drug-likeness (QED) is 0.635. The van der Waals surface area contributed by atoms with E-state index in [-0.39, 0.29) is 17.2 Å². The maximum absolute atomic E-state index is 12.7. The molecule has 0 aromatic heterocycles. The molecule has 4 saturated heterocycles. The van der Waals surface area contributed by atoms with Crippen molar-refractivity contribution in [2.75, 3.05) is 45.8 Å². The molecule has 0 aromatic carbocycles. The summed E-state index contributed by atoms with van der Waals surface area (Å²) >= 11 is 0. The first-order chi connectivity index (χ1) is 9.49. The van der Waals surface area contributed by atoms with Crippen LogP contribution in [-0.4, -0.2) is 82.6 Å². The van der Waals surface area contributed by atoms with E-state index in [1.165, 1.54) is 19.5 Å². The summed E-state index contributed by atoms with van der Waals surface area (Å²) in [5, 5.41) is 0. The maximum Gasteiger partial charge on any atom is 0.228 e. The second-order valence-corrected chi connectivity index (χ2v) is 7.21. The number of carbonyl (C=O) groups is 1. The summed E-state index contributed by atoms with van der Waals surface area (Å²) in [5.74, 6) is 0.505. The molecule has 5 nitrogen and oxygen atoms in total. The Morgan fingerprint density at radius 2 is 1.50 bits per heavy atom. The van der Waals surface area contributed by atoms with Gasteiger partial charge in [0.2, 0.25) is 5.91 Å².